The van der Waals surface area contributed by atoms with Crippen LogP contribution in [0.3, 0.4) is 0 Å². The predicted octanol–water partition coefficient (Wildman–Crippen LogP) is 0.130. The molecule has 2 unspecified atom stereocenters. The van der Waals surface area contributed by atoms with Crippen molar-refractivity contribution in [3.63, 3.8) is 0 Å². The Morgan fingerprint density at radius 1 is 1.69 bits per heavy atom. The number of aliphatic carboxylic acids is 1. The zero-order valence-electron chi connectivity index (χ0n) is 8.07. The molecule has 4 nitrogen and oxygen atoms in total. The van der Waals surface area contributed by atoms with Gasteiger partial charge in [-0.25, -0.2) is 0 Å². The van der Waals surface area contributed by atoms with Crippen molar-refractivity contribution >= 4 is 5.97 Å². The predicted molar refractivity (Wildman–Crippen MR) is 50.4 cm³/mol. The number of rotatable bonds is 3. The van der Waals surface area contributed by atoms with Crippen LogP contribution >= 0.6 is 0 Å². The van der Waals surface area contributed by atoms with E-state index >= 15 is 0 Å². The van der Waals surface area contributed by atoms with Gasteiger partial charge in [0.1, 0.15) is 0 Å². The summed E-state index contributed by atoms with van der Waals surface area (Å²) >= 11 is 0. The van der Waals surface area contributed by atoms with Crippen molar-refractivity contribution in [1.82, 2.24) is 4.90 Å². The van der Waals surface area contributed by atoms with E-state index in [0.717, 1.165) is 19.4 Å². The third kappa shape index (κ3) is 2.97. The quantitative estimate of drug-likeness (QED) is 0.657. The Morgan fingerprint density at radius 3 is 2.92 bits per heavy atom. The Labute approximate surface area is 78.7 Å². The van der Waals surface area contributed by atoms with Gasteiger partial charge in [-0.2, -0.15) is 0 Å². The summed E-state index contributed by atoms with van der Waals surface area (Å²) in [6.45, 7) is 3.77. The largest absolute Gasteiger partial charge is 0.480 e. The summed E-state index contributed by atoms with van der Waals surface area (Å²) in [6.07, 6.45) is 2.12. The Kier molecular flexibility index (Phi) is 3.69. The summed E-state index contributed by atoms with van der Waals surface area (Å²) in [5, 5.41) is 8.66. The molecule has 0 saturated carbocycles. The molecule has 3 N–H and O–H groups in total. The standard InChI is InChI=1S/C9H18N2O2/c1-7-2-3-11(6-9(12)13)8(4-7)5-10/h7-8H,2-6,10H2,1H3,(H,12,13). The van der Waals surface area contributed by atoms with Gasteiger partial charge in [-0.3, -0.25) is 9.69 Å². The Bertz CT molecular complexity index is 184. The minimum Gasteiger partial charge on any atom is -0.480 e. The van der Waals surface area contributed by atoms with Crippen LogP contribution in [-0.4, -0.2) is 41.7 Å². The number of hydrogen-bond acceptors (Lipinski definition) is 3. The monoisotopic (exact) mass is 186 g/mol. The molecule has 0 amide bonds. The fourth-order valence-electron chi connectivity index (χ4n) is 1.93. The Balaban J connectivity index is 2.47. The molecule has 0 radical (unpaired) electrons. The molecular formula is C9H18N2O2. The number of likely N-dealkylation sites (tertiary alicyclic amines) is 1. The molecule has 0 bridgehead atoms. The molecule has 0 aromatic rings. The fourth-order valence-corrected chi connectivity index (χ4v) is 1.93. The minimum atomic E-state index is -0.756. The van der Waals surface area contributed by atoms with E-state index in [2.05, 4.69) is 6.92 Å². The van der Waals surface area contributed by atoms with Crippen molar-refractivity contribution in [3.05, 3.63) is 0 Å². The van der Waals surface area contributed by atoms with E-state index in [0.29, 0.717) is 12.5 Å². The smallest absolute Gasteiger partial charge is 0.317 e. The number of hydrogen-bond donors (Lipinski definition) is 2. The topological polar surface area (TPSA) is 66.6 Å². The van der Waals surface area contributed by atoms with Gasteiger partial charge >= 0.3 is 5.97 Å². The van der Waals surface area contributed by atoms with E-state index in [1.165, 1.54) is 0 Å². The van der Waals surface area contributed by atoms with Gasteiger partial charge in [0.2, 0.25) is 0 Å². The molecule has 13 heavy (non-hydrogen) atoms. The summed E-state index contributed by atoms with van der Waals surface area (Å²) in [4.78, 5) is 12.5. The number of nitrogens with zero attached hydrogens (tertiary/aromatic N) is 1. The summed E-state index contributed by atoms with van der Waals surface area (Å²) in [7, 11) is 0. The van der Waals surface area contributed by atoms with Gasteiger partial charge in [0, 0.05) is 12.6 Å². The van der Waals surface area contributed by atoms with Crippen LogP contribution in [0.2, 0.25) is 0 Å². The van der Waals surface area contributed by atoms with E-state index in [-0.39, 0.29) is 12.6 Å². The van der Waals surface area contributed by atoms with Crippen molar-refractivity contribution in [2.45, 2.75) is 25.8 Å². The van der Waals surface area contributed by atoms with Crippen LogP contribution in [-0.2, 0) is 4.79 Å². The maximum Gasteiger partial charge on any atom is 0.317 e. The molecule has 2 atom stereocenters. The molecule has 0 aromatic carbocycles. The van der Waals surface area contributed by atoms with E-state index in [9.17, 15) is 4.79 Å². The zero-order valence-corrected chi connectivity index (χ0v) is 8.07. The van der Waals surface area contributed by atoms with E-state index < -0.39 is 5.97 Å². The van der Waals surface area contributed by atoms with Gasteiger partial charge < -0.3 is 10.8 Å². The third-order valence-corrected chi connectivity index (χ3v) is 2.71. The average Bonchev–Trinajstić information content (AvgIpc) is 2.07. The second kappa shape index (κ2) is 4.58. The molecule has 76 valence electrons. The van der Waals surface area contributed by atoms with Crippen LogP contribution in [0.5, 0.6) is 0 Å². The summed E-state index contributed by atoms with van der Waals surface area (Å²) in [5.74, 6) is -0.0772. The molecule has 0 spiro atoms. The maximum atomic E-state index is 10.5. The van der Waals surface area contributed by atoms with E-state index in [1.54, 1.807) is 0 Å². The normalized spacial score (nSPS) is 30.3. The molecule has 1 rings (SSSR count). The first-order valence-corrected chi connectivity index (χ1v) is 4.79. The Hall–Kier alpha value is -0.610. The molecule has 1 fully saturated rings. The van der Waals surface area contributed by atoms with E-state index in [4.69, 9.17) is 10.8 Å². The fraction of sp³-hybridized carbons (Fsp3) is 0.889. The number of nitrogens with two attached hydrogens (primary N) is 1. The van der Waals surface area contributed by atoms with Crippen molar-refractivity contribution in [2.24, 2.45) is 11.7 Å². The van der Waals surface area contributed by atoms with E-state index in [1.807, 2.05) is 4.90 Å². The van der Waals surface area contributed by atoms with Crippen LogP contribution < -0.4 is 5.73 Å². The lowest BCUT2D eigenvalue weighted by Gasteiger charge is -2.36. The number of carboxylic acid groups (broad SMARTS) is 1. The second-order valence-electron chi connectivity index (χ2n) is 3.88. The highest BCUT2D eigenvalue weighted by Crippen LogP contribution is 2.21. The minimum absolute atomic E-state index is 0.134. The van der Waals surface area contributed by atoms with Gasteiger partial charge in [0.05, 0.1) is 6.54 Å². The van der Waals surface area contributed by atoms with Gasteiger partial charge in [0.15, 0.2) is 0 Å². The van der Waals surface area contributed by atoms with Gasteiger partial charge in [-0.1, -0.05) is 6.92 Å². The second-order valence-corrected chi connectivity index (χ2v) is 3.88. The molecule has 0 aromatic heterocycles. The summed E-state index contributed by atoms with van der Waals surface area (Å²) in [6, 6.07) is 0.264. The lowest BCUT2D eigenvalue weighted by Crippen LogP contribution is -2.48. The molecule has 1 heterocycles. The number of carbonyl (C=O) groups is 1. The lowest BCUT2D eigenvalue weighted by atomic mass is 9.92. The molecular weight excluding hydrogens is 168 g/mol. The van der Waals surface area contributed by atoms with Crippen molar-refractivity contribution < 1.29 is 9.90 Å². The SMILES string of the molecule is CC1CCN(CC(=O)O)C(CN)C1. The van der Waals surface area contributed by atoms with Crippen LogP contribution in [0.15, 0.2) is 0 Å². The maximum absolute atomic E-state index is 10.5. The third-order valence-electron chi connectivity index (χ3n) is 2.71. The average molecular weight is 186 g/mol. The molecule has 1 aliphatic heterocycles. The Morgan fingerprint density at radius 2 is 2.38 bits per heavy atom. The zero-order chi connectivity index (χ0) is 9.84. The molecule has 1 saturated heterocycles. The first-order chi connectivity index (χ1) is 6.13. The van der Waals surface area contributed by atoms with Crippen molar-refractivity contribution in [2.75, 3.05) is 19.6 Å². The number of carboxylic acids is 1. The van der Waals surface area contributed by atoms with Gasteiger partial charge in [0.25, 0.3) is 0 Å². The molecule has 1 aliphatic rings. The van der Waals surface area contributed by atoms with Crippen molar-refractivity contribution in [1.29, 1.82) is 0 Å². The highest BCUT2D eigenvalue weighted by molar-refractivity contribution is 5.69. The summed E-state index contributed by atoms with van der Waals surface area (Å²) < 4.78 is 0. The van der Waals surface area contributed by atoms with Crippen LogP contribution in [0.25, 0.3) is 0 Å². The highest BCUT2D eigenvalue weighted by atomic mass is 16.4. The van der Waals surface area contributed by atoms with Crippen molar-refractivity contribution in [3.8, 4) is 0 Å². The lowest BCUT2D eigenvalue weighted by molar-refractivity contribution is -0.139. The molecule has 4 heteroatoms. The van der Waals surface area contributed by atoms with Crippen LogP contribution in [0.4, 0.5) is 0 Å². The molecule has 0 aliphatic carbocycles. The van der Waals surface area contributed by atoms with Crippen LogP contribution in [0.1, 0.15) is 19.8 Å². The first-order valence-electron chi connectivity index (χ1n) is 4.79. The van der Waals surface area contributed by atoms with Gasteiger partial charge in [-0.05, 0) is 25.3 Å². The number of piperidine rings is 1. The van der Waals surface area contributed by atoms with Gasteiger partial charge in [-0.15, -0.1) is 0 Å². The van der Waals surface area contributed by atoms with Crippen LogP contribution in [0, 0.1) is 5.92 Å². The highest BCUT2D eigenvalue weighted by Gasteiger charge is 2.26. The summed E-state index contributed by atoms with van der Waals surface area (Å²) in [5.41, 5.74) is 5.60. The first kappa shape index (κ1) is 10.5.